The molecule has 0 saturated heterocycles. The highest BCUT2D eigenvalue weighted by Gasteiger charge is 2.32. The Morgan fingerprint density at radius 1 is 1.29 bits per heavy atom. The number of hydrogen-bond acceptors (Lipinski definition) is 6. The number of carbonyl (C=O) groups excluding carboxylic acids is 1. The molecular weight excluding hydrogens is 327 g/mol. The van der Waals surface area contributed by atoms with E-state index in [1.54, 1.807) is 13.8 Å². The highest BCUT2D eigenvalue weighted by Crippen LogP contribution is 2.27. The lowest BCUT2D eigenvalue weighted by atomic mass is 10.1. The van der Waals surface area contributed by atoms with Crippen molar-refractivity contribution in [2.24, 2.45) is 0 Å². The molecule has 2 rings (SSSR count). The minimum atomic E-state index is -4.53. The summed E-state index contributed by atoms with van der Waals surface area (Å²) in [7, 11) is 0. The molecule has 7 nitrogen and oxygen atoms in total. The first-order valence-corrected chi connectivity index (χ1v) is 7.10. The van der Waals surface area contributed by atoms with Gasteiger partial charge in [-0.25, -0.2) is 9.97 Å². The predicted octanol–water partition coefficient (Wildman–Crippen LogP) is 1.87. The minimum absolute atomic E-state index is 0.126. The fourth-order valence-corrected chi connectivity index (χ4v) is 1.96. The van der Waals surface area contributed by atoms with Gasteiger partial charge in [-0.2, -0.15) is 13.2 Å². The van der Waals surface area contributed by atoms with Gasteiger partial charge in [-0.3, -0.25) is 4.79 Å². The van der Waals surface area contributed by atoms with Gasteiger partial charge in [-0.1, -0.05) is 5.16 Å². The number of hydrogen-bond donors (Lipinski definition) is 2. The zero-order valence-electron chi connectivity index (χ0n) is 13.1. The van der Waals surface area contributed by atoms with Crippen LogP contribution in [-0.2, 0) is 17.4 Å². The molecule has 0 aliphatic rings. The van der Waals surface area contributed by atoms with Crippen molar-refractivity contribution in [2.45, 2.75) is 26.4 Å². The molecule has 2 aromatic heterocycles. The topological polar surface area (TPSA) is 92.9 Å². The van der Waals surface area contributed by atoms with Crippen LogP contribution >= 0.6 is 0 Å². The standard InChI is InChI=1S/C14H16F3N5O2/c1-8-10(9(2)24-22-8)7-12(23)18-5-6-20-13-19-4-3-11(21-13)14(15,16)17/h3-4H,5-7H2,1-2H3,(H,18,23)(H,19,20,21). The summed E-state index contributed by atoms with van der Waals surface area (Å²) in [6.07, 6.45) is -3.38. The van der Waals surface area contributed by atoms with Gasteiger partial charge >= 0.3 is 6.18 Å². The van der Waals surface area contributed by atoms with Crippen LogP contribution in [0.2, 0.25) is 0 Å². The van der Waals surface area contributed by atoms with Gasteiger partial charge in [-0.15, -0.1) is 0 Å². The van der Waals surface area contributed by atoms with E-state index >= 15 is 0 Å². The average Bonchev–Trinajstić information content (AvgIpc) is 2.83. The van der Waals surface area contributed by atoms with Crippen LogP contribution < -0.4 is 10.6 Å². The minimum Gasteiger partial charge on any atom is -0.361 e. The third-order valence-electron chi connectivity index (χ3n) is 3.19. The third kappa shape index (κ3) is 4.67. The van der Waals surface area contributed by atoms with Crippen LogP contribution in [0.3, 0.4) is 0 Å². The molecule has 130 valence electrons. The Labute approximate surface area is 135 Å². The van der Waals surface area contributed by atoms with Crippen LogP contribution in [0, 0.1) is 13.8 Å². The Morgan fingerprint density at radius 3 is 2.67 bits per heavy atom. The lowest BCUT2D eigenvalue weighted by Crippen LogP contribution is -2.30. The molecule has 0 fully saturated rings. The summed E-state index contributed by atoms with van der Waals surface area (Å²) in [4.78, 5) is 18.9. The number of carbonyl (C=O) groups is 1. The monoisotopic (exact) mass is 343 g/mol. The fourth-order valence-electron chi connectivity index (χ4n) is 1.96. The van der Waals surface area contributed by atoms with E-state index in [1.165, 1.54) is 0 Å². The number of aryl methyl sites for hydroxylation is 2. The quantitative estimate of drug-likeness (QED) is 0.778. The number of halogens is 3. The molecular formula is C14H16F3N5O2. The zero-order chi connectivity index (χ0) is 17.7. The normalized spacial score (nSPS) is 11.4. The highest BCUT2D eigenvalue weighted by atomic mass is 19.4. The summed E-state index contributed by atoms with van der Waals surface area (Å²) >= 11 is 0. The van der Waals surface area contributed by atoms with Crippen LogP contribution in [-0.4, -0.2) is 34.1 Å². The van der Waals surface area contributed by atoms with Gasteiger partial charge in [0, 0.05) is 24.8 Å². The molecule has 0 bridgehead atoms. The van der Waals surface area contributed by atoms with Crippen molar-refractivity contribution in [1.29, 1.82) is 0 Å². The highest BCUT2D eigenvalue weighted by molar-refractivity contribution is 5.79. The molecule has 0 unspecified atom stereocenters. The average molecular weight is 343 g/mol. The number of amides is 1. The van der Waals surface area contributed by atoms with Crippen molar-refractivity contribution < 1.29 is 22.5 Å². The van der Waals surface area contributed by atoms with Crippen molar-refractivity contribution in [1.82, 2.24) is 20.4 Å². The van der Waals surface area contributed by atoms with E-state index in [9.17, 15) is 18.0 Å². The molecule has 10 heteroatoms. The maximum atomic E-state index is 12.5. The molecule has 24 heavy (non-hydrogen) atoms. The number of anilines is 1. The Kier molecular flexibility index (Phi) is 5.37. The largest absolute Gasteiger partial charge is 0.433 e. The first kappa shape index (κ1) is 17.7. The molecule has 0 aliphatic carbocycles. The van der Waals surface area contributed by atoms with E-state index < -0.39 is 11.9 Å². The van der Waals surface area contributed by atoms with Crippen molar-refractivity contribution in [3.63, 3.8) is 0 Å². The second-order valence-corrected chi connectivity index (χ2v) is 5.02. The molecule has 0 saturated carbocycles. The Bertz CT molecular complexity index is 695. The lowest BCUT2D eigenvalue weighted by Gasteiger charge is -2.09. The van der Waals surface area contributed by atoms with E-state index in [-0.39, 0.29) is 31.4 Å². The second-order valence-electron chi connectivity index (χ2n) is 5.02. The number of nitrogens with zero attached hydrogens (tertiary/aromatic N) is 3. The Hall–Kier alpha value is -2.65. The van der Waals surface area contributed by atoms with Crippen molar-refractivity contribution in [2.75, 3.05) is 18.4 Å². The summed E-state index contributed by atoms with van der Waals surface area (Å²) in [6, 6.07) is 0.788. The van der Waals surface area contributed by atoms with Gasteiger partial charge in [0.05, 0.1) is 12.1 Å². The van der Waals surface area contributed by atoms with Gasteiger partial charge in [0.1, 0.15) is 11.5 Å². The van der Waals surface area contributed by atoms with Crippen molar-refractivity contribution in [3.05, 3.63) is 35.0 Å². The molecule has 0 aromatic carbocycles. The van der Waals surface area contributed by atoms with Crippen LogP contribution in [0.5, 0.6) is 0 Å². The van der Waals surface area contributed by atoms with Crippen LogP contribution in [0.25, 0.3) is 0 Å². The molecule has 1 amide bonds. The number of nitrogens with one attached hydrogen (secondary N) is 2. The van der Waals surface area contributed by atoms with E-state index in [4.69, 9.17) is 4.52 Å². The summed E-state index contributed by atoms with van der Waals surface area (Å²) < 4.78 is 42.5. The van der Waals surface area contributed by atoms with Gasteiger partial charge in [0.15, 0.2) is 0 Å². The SMILES string of the molecule is Cc1noc(C)c1CC(=O)NCCNc1nccc(C(F)(F)F)n1. The molecule has 0 atom stereocenters. The number of alkyl halides is 3. The smallest absolute Gasteiger partial charge is 0.361 e. The zero-order valence-corrected chi connectivity index (χ0v) is 13.1. The predicted molar refractivity (Wildman–Crippen MR) is 78.2 cm³/mol. The van der Waals surface area contributed by atoms with E-state index in [0.29, 0.717) is 11.5 Å². The van der Waals surface area contributed by atoms with Gasteiger partial charge in [-0.05, 0) is 19.9 Å². The first-order valence-electron chi connectivity index (χ1n) is 7.10. The van der Waals surface area contributed by atoms with E-state index in [0.717, 1.165) is 17.8 Å². The molecule has 0 aliphatic heterocycles. The molecule has 2 heterocycles. The maximum Gasteiger partial charge on any atom is 0.433 e. The van der Waals surface area contributed by atoms with Crippen molar-refractivity contribution in [3.8, 4) is 0 Å². The first-order chi connectivity index (χ1) is 11.3. The van der Waals surface area contributed by atoms with Crippen molar-refractivity contribution >= 4 is 11.9 Å². The Morgan fingerprint density at radius 2 is 2.04 bits per heavy atom. The number of rotatable bonds is 6. The molecule has 0 spiro atoms. The summed E-state index contributed by atoms with van der Waals surface area (Å²) in [6.45, 7) is 3.86. The van der Waals surface area contributed by atoms with E-state index in [2.05, 4.69) is 25.8 Å². The molecule has 2 aromatic rings. The summed E-state index contributed by atoms with van der Waals surface area (Å²) in [5, 5.41) is 9.03. The van der Waals surface area contributed by atoms with Crippen LogP contribution in [0.4, 0.5) is 19.1 Å². The molecule has 0 radical (unpaired) electrons. The number of aromatic nitrogens is 3. The fraction of sp³-hybridized carbons (Fsp3) is 0.429. The van der Waals surface area contributed by atoms with E-state index in [1.807, 2.05) is 0 Å². The summed E-state index contributed by atoms with van der Waals surface area (Å²) in [5.41, 5.74) is 0.349. The maximum absolute atomic E-state index is 12.5. The van der Waals surface area contributed by atoms with Crippen LogP contribution in [0.1, 0.15) is 22.7 Å². The third-order valence-corrected chi connectivity index (χ3v) is 3.19. The lowest BCUT2D eigenvalue weighted by molar-refractivity contribution is -0.141. The van der Waals surface area contributed by atoms with Gasteiger partial charge in [0.25, 0.3) is 0 Å². The molecule has 2 N–H and O–H groups in total. The summed E-state index contributed by atoms with van der Waals surface area (Å²) in [5.74, 6) is 0.194. The van der Waals surface area contributed by atoms with Gasteiger partial charge < -0.3 is 15.2 Å². The Balaban J connectivity index is 1.78. The second kappa shape index (κ2) is 7.28. The van der Waals surface area contributed by atoms with Gasteiger partial charge in [0.2, 0.25) is 11.9 Å². The van der Waals surface area contributed by atoms with Crippen LogP contribution in [0.15, 0.2) is 16.8 Å².